The van der Waals surface area contributed by atoms with Crippen molar-refractivity contribution in [3.63, 3.8) is 0 Å². The minimum absolute atomic E-state index is 0.845. The molecule has 0 rings (SSSR count). The fraction of sp³-hybridized carbons (Fsp3) is 1.00. The van der Waals surface area contributed by atoms with Gasteiger partial charge in [-0.05, 0) is 0 Å². The highest BCUT2D eigenvalue weighted by Gasteiger charge is 2.38. The molecule has 0 aliphatic carbocycles. The number of rotatable bonds is 3. The van der Waals surface area contributed by atoms with Crippen LogP contribution in [0.15, 0.2) is 0 Å². The van der Waals surface area contributed by atoms with Crippen LogP contribution < -0.4 is 0 Å². The van der Waals surface area contributed by atoms with E-state index in [1.807, 2.05) is 0 Å². The lowest BCUT2D eigenvalue weighted by molar-refractivity contribution is 0.215. The van der Waals surface area contributed by atoms with Gasteiger partial charge in [0.1, 0.15) is 0 Å². The van der Waals surface area contributed by atoms with Gasteiger partial charge in [0.15, 0.2) is 0 Å². The summed E-state index contributed by atoms with van der Waals surface area (Å²) in [6.45, 7) is 1.12. The first-order chi connectivity index (χ1) is 4.63. The van der Waals surface area contributed by atoms with Crippen molar-refractivity contribution in [1.29, 1.82) is 0 Å². The summed E-state index contributed by atoms with van der Waals surface area (Å²) in [5, 5.41) is 0. The lowest BCUT2D eigenvalue weighted by atomic mass is 10.6. The lowest BCUT2D eigenvalue weighted by Gasteiger charge is -2.15. The Bertz CT molecular complexity index is 214. The summed E-state index contributed by atoms with van der Waals surface area (Å²) >= 11 is 0. The third-order valence-electron chi connectivity index (χ3n) is 1.12. The average molecular weight is 202 g/mol. The molecule has 0 aromatic carbocycles. The van der Waals surface area contributed by atoms with E-state index in [1.54, 1.807) is 0 Å². The maximum Gasteiger partial charge on any atom is 0.496 e. The summed E-state index contributed by atoms with van der Waals surface area (Å²) in [5.41, 5.74) is -1.22. The molecule has 0 heterocycles. The maximum atomic E-state index is 10.1. The van der Waals surface area contributed by atoms with Gasteiger partial charge in [0.2, 0.25) is 0 Å². The minimum atomic E-state index is -4.41. The molecule has 0 saturated carbocycles. The van der Waals surface area contributed by atoms with Gasteiger partial charge >= 0.3 is 8.80 Å². The predicted molar refractivity (Wildman–Crippen MR) is 38.2 cm³/mol. The van der Waals surface area contributed by atoms with E-state index in [-0.39, 0.29) is 0 Å². The fourth-order valence-electron chi connectivity index (χ4n) is 0.428. The van der Waals surface area contributed by atoms with Crippen molar-refractivity contribution in [1.82, 2.24) is 0 Å². The van der Waals surface area contributed by atoms with Crippen LogP contribution in [-0.4, -0.2) is 41.9 Å². The summed E-state index contributed by atoms with van der Waals surface area (Å²) in [6.07, 6.45) is 0. The van der Waals surface area contributed by atoms with Gasteiger partial charge < -0.3 is 14.4 Å². The van der Waals surface area contributed by atoms with E-state index in [1.165, 1.54) is 0 Å². The Morgan fingerprint density at radius 1 is 1.36 bits per heavy atom. The lowest BCUT2D eigenvalue weighted by Crippen LogP contribution is -2.42. The molecule has 0 aromatic heterocycles. The summed E-state index contributed by atoms with van der Waals surface area (Å²) in [7, 11) is -8.66. The van der Waals surface area contributed by atoms with Gasteiger partial charge in [0.25, 0.3) is 10.1 Å². The van der Waals surface area contributed by atoms with Crippen LogP contribution in [0.2, 0.25) is 5.54 Å². The van der Waals surface area contributed by atoms with Gasteiger partial charge in [-0.1, -0.05) is 6.92 Å². The Morgan fingerprint density at radius 2 is 1.73 bits per heavy atom. The third-order valence-corrected chi connectivity index (χ3v) is 3.87. The maximum absolute atomic E-state index is 10.1. The van der Waals surface area contributed by atoms with E-state index in [4.69, 9.17) is 18.9 Å². The standard InChI is InChI=1S/C3H10O6SSi/c1-3(11(7,8)9)2-10(4,5)6/h3,7-9H,2H2,1H3,(H,4,5,6). The molecule has 0 aromatic rings. The van der Waals surface area contributed by atoms with Crippen LogP contribution in [0.25, 0.3) is 0 Å². The molecular weight excluding hydrogens is 192 g/mol. The van der Waals surface area contributed by atoms with Crippen LogP contribution in [0.1, 0.15) is 6.92 Å². The highest BCUT2D eigenvalue weighted by atomic mass is 32.2. The van der Waals surface area contributed by atoms with E-state index < -0.39 is 30.2 Å². The highest BCUT2D eigenvalue weighted by Crippen LogP contribution is 2.14. The Morgan fingerprint density at radius 3 is 1.82 bits per heavy atom. The van der Waals surface area contributed by atoms with Crippen molar-refractivity contribution < 1.29 is 27.4 Å². The van der Waals surface area contributed by atoms with Crippen molar-refractivity contribution >= 4 is 18.9 Å². The van der Waals surface area contributed by atoms with Crippen LogP contribution in [0.3, 0.4) is 0 Å². The Balaban J connectivity index is 4.21. The molecule has 6 nitrogen and oxygen atoms in total. The Labute approximate surface area is 65.2 Å². The molecule has 0 saturated heterocycles. The molecule has 4 N–H and O–H groups in total. The second kappa shape index (κ2) is 3.17. The molecule has 1 unspecified atom stereocenters. The van der Waals surface area contributed by atoms with E-state index in [9.17, 15) is 8.42 Å². The fourth-order valence-corrected chi connectivity index (χ4v) is 2.59. The zero-order chi connectivity index (χ0) is 9.28. The molecule has 1 atom stereocenters. The molecule has 68 valence electrons. The SMILES string of the molecule is CC(CS(=O)(=O)O)[Si](O)(O)O. The van der Waals surface area contributed by atoms with E-state index in [0.29, 0.717) is 0 Å². The van der Waals surface area contributed by atoms with Gasteiger partial charge in [-0.15, -0.1) is 0 Å². The second-order valence-corrected chi connectivity index (χ2v) is 6.19. The van der Waals surface area contributed by atoms with Crippen molar-refractivity contribution in [2.24, 2.45) is 0 Å². The molecule has 0 spiro atoms. The molecule has 11 heavy (non-hydrogen) atoms. The normalized spacial score (nSPS) is 16.5. The van der Waals surface area contributed by atoms with E-state index in [2.05, 4.69) is 0 Å². The van der Waals surface area contributed by atoms with Crippen LogP contribution in [0, 0.1) is 0 Å². The monoisotopic (exact) mass is 202 g/mol. The predicted octanol–water partition coefficient (Wildman–Crippen LogP) is -1.82. The number of hydrogen-bond acceptors (Lipinski definition) is 5. The van der Waals surface area contributed by atoms with E-state index in [0.717, 1.165) is 6.92 Å². The first kappa shape index (κ1) is 11.0. The molecule has 0 bridgehead atoms. The molecule has 0 fully saturated rings. The van der Waals surface area contributed by atoms with Crippen LogP contribution >= 0.6 is 0 Å². The Hall–Kier alpha value is 0.00688. The van der Waals surface area contributed by atoms with Gasteiger partial charge in [0, 0.05) is 5.54 Å². The van der Waals surface area contributed by atoms with Crippen LogP contribution in [0.5, 0.6) is 0 Å². The van der Waals surface area contributed by atoms with E-state index >= 15 is 0 Å². The third kappa shape index (κ3) is 5.30. The van der Waals surface area contributed by atoms with Crippen molar-refractivity contribution in [3.05, 3.63) is 0 Å². The second-order valence-electron chi connectivity index (χ2n) is 2.34. The smallest absolute Gasteiger partial charge is 0.390 e. The summed E-state index contributed by atoms with van der Waals surface area (Å²) in [6, 6.07) is 0. The topological polar surface area (TPSA) is 115 Å². The Kier molecular flexibility index (Phi) is 3.17. The van der Waals surface area contributed by atoms with Crippen molar-refractivity contribution in [2.75, 3.05) is 5.75 Å². The first-order valence-electron chi connectivity index (χ1n) is 2.75. The molecule has 0 radical (unpaired) electrons. The largest absolute Gasteiger partial charge is 0.496 e. The number of hydrogen-bond donors (Lipinski definition) is 4. The summed E-state index contributed by atoms with van der Waals surface area (Å²) in [5.74, 6) is -0.845. The average Bonchev–Trinajstić information content (AvgIpc) is 1.56. The minimum Gasteiger partial charge on any atom is -0.390 e. The zero-order valence-corrected chi connectivity index (χ0v) is 7.61. The molecule has 8 heteroatoms. The van der Waals surface area contributed by atoms with Gasteiger partial charge in [-0.25, -0.2) is 0 Å². The van der Waals surface area contributed by atoms with Gasteiger partial charge in [0.05, 0.1) is 5.75 Å². The van der Waals surface area contributed by atoms with Crippen LogP contribution in [-0.2, 0) is 10.1 Å². The van der Waals surface area contributed by atoms with Gasteiger partial charge in [-0.3, -0.25) is 4.55 Å². The molecule has 0 aliphatic heterocycles. The van der Waals surface area contributed by atoms with Crippen molar-refractivity contribution in [3.8, 4) is 0 Å². The summed E-state index contributed by atoms with van der Waals surface area (Å²) < 4.78 is 28.5. The van der Waals surface area contributed by atoms with Crippen molar-refractivity contribution in [2.45, 2.75) is 12.5 Å². The molecule has 0 aliphatic rings. The van der Waals surface area contributed by atoms with Gasteiger partial charge in [-0.2, -0.15) is 8.42 Å². The summed E-state index contributed by atoms with van der Waals surface area (Å²) in [4.78, 5) is 25.6. The van der Waals surface area contributed by atoms with Crippen LogP contribution in [0.4, 0.5) is 0 Å². The molecule has 0 amide bonds. The first-order valence-corrected chi connectivity index (χ1v) is 6.28. The molecular formula is C3H10O6SSi. The quantitative estimate of drug-likeness (QED) is 0.316. The zero-order valence-electron chi connectivity index (χ0n) is 5.80. The highest BCUT2D eigenvalue weighted by molar-refractivity contribution is 7.85.